The molecule has 1 amide bonds. The minimum absolute atomic E-state index is 0.0133. The third-order valence-corrected chi connectivity index (χ3v) is 9.88. The van der Waals surface area contributed by atoms with Gasteiger partial charge in [0.2, 0.25) is 5.91 Å². The molecule has 12 heteroatoms. The van der Waals surface area contributed by atoms with Crippen LogP contribution < -0.4 is 4.90 Å². The SMILES string of the molecule is CC(=O)N(c1ccc(C(=O)O)c(O)c1)C(CCCCO)N1C(CC(C)(C)C)[C@](C#N)(c2ccc(Cl)cc2F)C(c2cccc(Cl)c2F)[C@@H]1C. The maximum absolute atomic E-state index is 16.3. The summed E-state index contributed by atoms with van der Waals surface area (Å²) in [6.07, 6.45) is 0.454. The summed E-state index contributed by atoms with van der Waals surface area (Å²) in [6.45, 7) is 8.90. The highest BCUT2D eigenvalue weighted by Crippen LogP contribution is 2.57. The Bertz CT molecular complexity index is 1760. The molecule has 262 valence electrons. The van der Waals surface area contributed by atoms with Crippen LogP contribution in [0.4, 0.5) is 14.5 Å². The van der Waals surface area contributed by atoms with E-state index in [1.807, 2.05) is 25.7 Å². The zero-order chi connectivity index (χ0) is 36.4. The van der Waals surface area contributed by atoms with Crippen LogP contribution in [0.25, 0.3) is 0 Å². The Balaban J connectivity index is 2.11. The van der Waals surface area contributed by atoms with E-state index in [-0.39, 0.29) is 51.9 Å². The van der Waals surface area contributed by atoms with E-state index in [9.17, 15) is 30.2 Å². The van der Waals surface area contributed by atoms with Gasteiger partial charge in [0.15, 0.2) is 0 Å². The van der Waals surface area contributed by atoms with Crippen molar-refractivity contribution in [1.29, 1.82) is 5.26 Å². The number of aliphatic hydroxyl groups excluding tert-OH is 1. The van der Waals surface area contributed by atoms with Gasteiger partial charge in [0, 0.05) is 53.9 Å². The zero-order valence-electron chi connectivity index (χ0n) is 28.1. The zero-order valence-corrected chi connectivity index (χ0v) is 29.6. The van der Waals surface area contributed by atoms with Crippen LogP contribution in [-0.4, -0.2) is 57.0 Å². The van der Waals surface area contributed by atoms with Crippen LogP contribution in [0.3, 0.4) is 0 Å². The van der Waals surface area contributed by atoms with Gasteiger partial charge in [-0.1, -0.05) is 62.2 Å². The average Bonchev–Trinajstić information content (AvgIpc) is 3.23. The van der Waals surface area contributed by atoms with E-state index in [4.69, 9.17) is 23.2 Å². The Morgan fingerprint density at radius 1 is 1.10 bits per heavy atom. The second kappa shape index (κ2) is 15.0. The molecule has 0 aromatic heterocycles. The van der Waals surface area contributed by atoms with Crippen molar-refractivity contribution in [2.75, 3.05) is 11.5 Å². The van der Waals surface area contributed by atoms with Gasteiger partial charge in [-0.3, -0.25) is 14.6 Å². The van der Waals surface area contributed by atoms with Gasteiger partial charge in [0.05, 0.1) is 17.3 Å². The molecule has 0 aliphatic carbocycles. The topological polar surface area (TPSA) is 125 Å². The van der Waals surface area contributed by atoms with Gasteiger partial charge in [-0.25, -0.2) is 13.6 Å². The fraction of sp³-hybridized carbons (Fsp3) is 0.432. The highest BCUT2D eigenvalue weighted by atomic mass is 35.5. The van der Waals surface area contributed by atoms with Crippen molar-refractivity contribution < 1.29 is 33.7 Å². The van der Waals surface area contributed by atoms with Crippen LogP contribution in [0, 0.1) is 28.4 Å². The molecule has 0 bridgehead atoms. The van der Waals surface area contributed by atoms with Gasteiger partial charge < -0.3 is 15.3 Å². The van der Waals surface area contributed by atoms with Gasteiger partial charge in [-0.15, -0.1) is 0 Å². The summed E-state index contributed by atoms with van der Waals surface area (Å²) >= 11 is 12.5. The number of nitrogens with zero attached hydrogens (tertiary/aromatic N) is 3. The first-order chi connectivity index (χ1) is 23.0. The van der Waals surface area contributed by atoms with Crippen molar-refractivity contribution in [3.05, 3.63) is 93.0 Å². The number of nitriles is 1. The number of amides is 1. The number of carboxylic acid groups (broad SMARTS) is 1. The van der Waals surface area contributed by atoms with E-state index in [1.165, 1.54) is 54.3 Å². The summed E-state index contributed by atoms with van der Waals surface area (Å²) in [5.41, 5.74) is -2.29. The molecule has 4 rings (SSSR count). The molecule has 3 unspecified atom stereocenters. The van der Waals surface area contributed by atoms with Crippen molar-refractivity contribution in [3.8, 4) is 11.8 Å². The van der Waals surface area contributed by atoms with E-state index < -0.39 is 64.3 Å². The Labute approximate surface area is 295 Å². The number of rotatable bonds is 11. The molecule has 8 nitrogen and oxygen atoms in total. The number of likely N-dealkylation sites (tertiary alicyclic amines) is 1. The fourth-order valence-corrected chi connectivity index (χ4v) is 7.85. The molecule has 49 heavy (non-hydrogen) atoms. The lowest BCUT2D eigenvalue weighted by Crippen LogP contribution is -2.57. The third-order valence-electron chi connectivity index (χ3n) is 9.35. The first-order valence-corrected chi connectivity index (χ1v) is 16.8. The number of unbranched alkanes of at least 4 members (excludes halogenated alkanes) is 1. The number of halogens is 4. The average molecular weight is 717 g/mol. The number of benzene rings is 3. The molecule has 0 radical (unpaired) electrons. The number of carbonyl (C=O) groups excluding carboxylic acids is 1. The molecular formula is C37H41Cl2F2N3O5. The van der Waals surface area contributed by atoms with Crippen LogP contribution >= 0.6 is 23.2 Å². The van der Waals surface area contributed by atoms with Crippen molar-refractivity contribution in [3.63, 3.8) is 0 Å². The number of aromatic carboxylic acids is 1. The second-order valence-electron chi connectivity index (χ2n) is 13.8. The second-order valence-corrected chi connectivity index (χ2v) is 14.6. The van der Waals surface area contributed by atoms with E-state index in [1.54, 1.807) is 13.0 Å². The lowest BCUT2D eigenvalue weighted by Gasteiger charge is -2.46. The molecule has 3 aromatic carbocycles. The summed E-state index contributed by atoms with van der Waals surface area (Å²) in [5.74, 6) is -4.89. The minimum Gasteiger partial charge on any atom is -0.507 e. The number of aromatic hydroxyl groups is 1. The summed E-state index contributed by atoms with van der Waals surface area (Å²) in [4.78, 5) is 28.7. The van der Waals surface area contributed by atoms with Gasteiger partial charge in [0.1, 0.15) is 28.4 Å². The monoisotopic (exact) mass is 715 g/mol. The van der Waals surface area contributed by atoms with E-state index >= 15 is 8.78 Å². The lowest BCUT2D eigenvalue weighted by molar-refractivity contribution is -0.118. The quantitative estimate of drug-likeness (QED) is 0.171. The third kappa shape index (κ3) is 7.41. The van der Waals surface area contributed by atoms with Crippen LogP contribution in [0.15, 0.2) is 54.6 Å². The maximum Gasteiger partial charge on any atom is 0.339 e. The Hall–Kier alpha value is -3.75. The highest BCUT2D eigenvalue weighted by molar-refractivity contribution is 6.31. The molecule has 5 atom stereocenters. The van der Waals surface area contributed by atoms with Crippen molar-refractivity contribution in [2.45, 2.75) is 89.9 Å². The summed E-state index contributed by atoms with van der Waals surface area (Å²) in [7, 11) is 0. The van der Waals surface area contributed by atoms with Gasteiger partial charge in [-0.05, 0) is 73.9 Å². The van der Waals surface area contributed by atoms with Gasteiger partial charge in [0.25, 0.3) is 0 Å². The summed E-state index contributed by atoms with van der Waals surface area (Å²) < 4.78 is 32.5. The Morgan fingerprint density at radius 3 is 2.35 bits per heavy atom. The van der Waals surface area contributed by atoms with E-state index in [2.05, 4.69) is 6.07 Å². The smallest absolute Gasteiger partial charge is 0.339 e. The predicted octanol–water partition coefficient (Wildman–Crippen LogP) is 8.27. The first kappa shape index (κ1) is 38.1. The highest BCUT2D eigenvalue weighted by Gasteiger charge is 2.63. The first-order valence-electron chi connectivity index (χ1n) is 16.0. The van der Waals surface area contributed by atoms with Crippen molar-refractivity contribution in [1.82, 2.24) is 4.90 Å². The standard InChI is InChI=1S/C37H41Cl2F2N3O5/c1-21-33(26-9-8-10-28(39)34(26)41)37(20-42,27-15-12-23(38)17-29(27)40)31(19-36(3,4)5)43(21)32(11-6-7-16-45)44(22(2)46)24-13-14-25(35(48)49)30(47)18-24/h8-10,12-15,17-18,21,31-33,45,47H,6-7,11,16,19H2,1-5H3,(H,48,49)/t21-,31?,32?,33?,37-/m0/s1. The molecule has 3 N–H and O–H groups in total. The van der Waals surface area contributed by atoms with Crippen LogP contribution in [0.5, 0.6) is 5.75 Å². The summed E-state index contributed by atoms with van der Waals surface area (Å²) in [6, 6.07) is 13.2. The molecule has 1 fully saturated rings. The number of phenols is 1. The normalized spacial score (nSPS) is 21.7. The fourth-order valence-electron chi connectivity index (χ4n) is 7.51. The number of carboxylic acids is 1. The van der Waals surface area contributed by atoms with Crippen LogP contribution in [0.2, 0.25) is 10.0 Å². The molecule has 1 heterocycles. The number of anilines is 1. The van der Waals surface area contributed by atoms with Gasteiger partial charge >= 0.3 is 5.97 Å². The van der Waals surface area contributed by atoms with Gasteiger partial charge in [-0.2, -0.15) is 5.26 Å². The molecule has 3 aromatic rings. The van der Waals surface area contributed by atoms with E-state index in [0.717, 1.165) is 6.07 Å². The molecule has 1 aliphatic rings. The minimum atomic E-state index is -1.75. The van der Waals surface area contributed by atoms with Crippen LogP contribution in [-0.2, 0) is 10.2 Å². The van der Waals surface area contributed by atoms with Crippen molar-refractivity contribution >= 4 is 40.8 Å². The predicted molar refractivity (Wildman–Crippen MR) is 185 cm³/mol. The number of carbonyl (C=O) groups is 2. The Kier molecular flexibility index (Phi) is 11.7. The number of hydrogen-bond donors (Lipinski definition) is 3. The molecule has 0 spiro atoms. The summed E-state index contributed by atoms with van der Waals surface area (Å²) in [5, 5.41) is 41.3. The molecule has 1 saturated heterocycles. The molecule has 0 saturated carbocycles. The van der Waals surface area contributed by atoms with Crippen LogP contribution in [0.1, 0.15) is 87.7 Å². The Morgan fingerprint density at radius 2 is 1.80 bits per heavy atom. The molecule has 1 aliphatic heterocycles. The largest absolute Gasteiger partial charge is 0.507 e. The number of hydrogen-bond acceptors (Lipinski definition) is 6. The lowest BCUT2D eigenvalue weighted by atomic mass is 9.63. The maximum atomic E-state index is 16.3. The van der Waals surface area contributed by atoms with Crippen molar-refractivity contribution in [2.24, 2.45) is 5.41 Å². The van der Waals surface area contributed by atoms with E-state index in [0.29, 0.717) is 12.8 Å². The molecular weight excluding hydrogens is 675 g/mol. The number of aliphatic hydroxyl groups is 1.